The van der Waals surface area contributed by atoms with Gasteiger partial charge in [0, 0.05) is 12.2 Å². The maximum absolute atomic E-state index is 12.1. The van der Waals surface area contributed by atoms with Gasteiger partial charge in [0.05, 0.1) is 19.3 Å². The van der Waals surface area contributed by atoms with E-state index < -0.39 is 0 Å². The van der Waals surface area contributed by atoms with Crippen LogP contribution in [0.2, 0.25) is 0 Å². The maximum Gasteiger partial charge on any atom is 0.241 e. The van der Waals surface area contributed by atoms with Gasteiger partial charge in [-0.1, -0.05) is 30.4 Å². The molecule has 1 atom stereocenters. The fourth-order valence-electron chi connectivity index (χ4n) is 2.26. The van der Waals surface area contributed by atoms with Gasteiger partial charge in [-0.2, -0.15) is 0 Å². The quantitative estimate of drug-likeness (QED) is 0.617. The second kappa shape index (κ2) is 7.22. The molecule has 2 N–H and O–H groups in total. The summed E-state index contributed by atoms with van der Waals surface area (Å²) in [6.45, 7) is 7.54. The van der Waals surface area contributed by atoms with Crippen LogP contribution >= 0.6 is 0 Å². The molecule has 1 aromatic rings. The Morgan fingerprint density at radius 1 is 1.50 bits per heavy atom. The molecule has 4 heteroatoms. The second-order valence-corrected chi connectivity index (χ2v) is 5.20. The number of benzene rings is 1. The number of hydrogen-bond acceptors (Lipinski definition) is 3. The third kappa shape index (κ3) is 4.18. The molecule has 2 rings (SSSR count). The highest BCUT2D eigenvalue weighted by Gasteiger charge is 2.22. The molecule has 1 unspecified atom stereocenters. The highest BCUT2D eigenvalue weighted by atomic mass is 16.5. The van der Waals surface area contributed by atoms with E-state index in [0.717, 1.165) is 24.1 Å². The summed E-state index contributed by atoms with van der Waals surface area (Å²) in [5.41, 5.74) is 3.14. The van der Waals surface area contributed by atoms with Crippen molar-refractivity contribution in [3.63, 3.8) is 0 Å². The summed E-state index contributed by atoms with van der Waals surface area (Å²) in [4.78, 5) is 12.1. The van der Waals surface area contributed by atoms with E-state index in [1.807, 2.05) is 25.1 Å². The first kappa shape index (κ1) is 14.8. The minimum Gasteiger partial charge on any atom is -0.376 e. The lowest BCUT2D eigenvalue weighted by Gasteiger charge is -2.15. The van der Waals surface area contributed by atoms with E-state index in [1.54, 1.807) is 0 Å². The van der Waals surface area contributed by atoms with E-state index in [-0.39, 0.29) is 11.9 Å². The molecule has 4 nitrogen and oxygen atoms in total. The Labute approximate surface area is 120 Å². The summed E-state index contributed by atoms with van der Waals surface area (Å²) in [5, 5.41) is 6.23. The van der Waals surface area contributed by atoms with Crippen molar-refractivity contribution in [2.75, 3.05) is 25.1 Å². The lowest BCUT2D eigenvalue weighted by molar-refractivity contribution is -0.118. The standard InChI is InChI=1S/C16H22N2O2/c1-12(2)11-20-10-9-17-15-8-7-13-5-3-4-6-14(13)18-16(15)19/h3-6,15,17H,1,7-11H2,2H3,(H,18,19). The Bertz CT molecular complexity index is 485. The smallest absolute Gasteiger partial charge is 0.241 e. The first-order chi connectivity index (χ1) is 9.66. The van der Waals surface area contributed by atoms with E-state index in [0.29, 0.717) is 19.8 Å². The molecule has 0 radical (unpaired) electrons. The number of rotatable bonds is 6. The van der Waals surface area contributed by atoms with Gasteiger partial charge in [0.25, 0.3) is 0 Å². The van der Waals surface area contributed by atoms with Gasteiger partial charge in [-0.25, -0.2) is 0 Å². The Balaban J connectivity index is 1.80. The van der Waals surface area contributed by atoms with Crippen LogP contribution in [0.25, 0.3) is 0 Å². The van der Waals surface area contributed by atoms with Crippen LogP contribution in [0.5, 0.6) is 0 Å². The third-order valence-electron chi connectivity index (χ3n) is 3.28. The molecule has 1 heterocycles. The SMILES string of the molecule is C=C(C)COCCNC1CCc2ccccc2NC1=O. The van der Waals surface area contributed by atoms with Gasteiger partial charge < -0.3 is 15.4 Å². The maximum atomic E-state index is 12.1. The van der Waals surface area contributed by atoms with E-state index in [4.69, 9.17) is 4.74 Å². The van der Waals surface area contributed by atoms with Crippen molar-refractivity contribution >= 4 is 11.6 Å². The van der Waals surface area contributed by atoms with E-state index in [9.17, 15) is 4.79 Å². The number of anilines is 1. The van der Waals surface area contributed by atoms with Crippen LogP contribution in [0.4, 0.5) is 5.69 Å². The van der Waals surface area contributed by atoms with Crippen LogP contribution in [0.3, 0.4) is 0 Å². The van der Waals surface area contributed by atoms with Gasteiger partial charge in [-0.15, -0.1) is 0 Å². The normalized spacial score (nSPS) is 18.1. The predicted octanol–water partition coefficient (Wildman–Crippen LogP) is 2.12. The van der Waals surface area contributed by atoms with Crippen molar-refractivity contribution in [3.8, 4) is 0 Å². The zero-order valence-corrected chi connectivity index (χ0v) is 11.9. The average Bonchev–Trinajstić information content (AvgIpc) is 2.57. The number of ether oxygens (including phenoxy) is 1. The predicted molar refractivity (Wildman–Crippen MR) is 80.8 cm³/mol. The Hall–Kier alpha value is -1.65. The summed E-state index contributed by atoms with van der Waals surface area (Å²) < 4.78 is 5.42. The van der Waals surface area contributed by atoms with Gasteiger partial charge in [0.2, 0.25) is 5.91 Å². The number of para-hydroxylation sites is 1. The van der Waals surface area contributed by atoms with Crippen molar-refractivity contribution in [1.82, 2.24) is 5.32 Å². The zero-order valence-electron chi connectivity index (χ0n) is 11.9. The molecule has 0 saturated carbocycles. The lowest BCUT2D eigenvalue weighted by Crippen LogP contribution is -2.41. The van der Waals surface area contributed by atoms with Gasteiger partial charge in [-0.3, -0.25) is 4.79 Å². The molecule has 20 heavy (non-hydrogen) atoms. The Kier molecular flexibility index (Phi) is 5.32. The minimum atomic E-state index is -0.157. The molecule has 0 fully saturated rings. The number of hydrogen-bond donors (Lipinski definition) is 2. The number of carbonyl (C=O) groups excluding carboxylic acids is 1. The second-order valence-electron chi connectivity index (χ2n) is 5.20. The summed E-state index contributed by atoms with van der Waals surface area (Å²) in [7, 11) is 0. The van der Waals surface area contributed by atoms with Crippen molar-refractivity contribution in [2.45, 2.75) is 25.8 Å². The molecule has 0 bridgehead atoms. The van der Waals surface area contributed by atoms with Crippen LogP contribution in [-0.4, -0.2) is 31.7 Å². The molecule has 1 aliphatic rings. The van der Waals surface area contributed by atoms with Crippen molar-refractivity contribution in [2.24, 2.45) is 0 Å². The summed E-state index contributed by atoms with van der Waals surface area (Å²) in [6, 6.07) is 7.80. The number of nitrogens with one attached hydrogen (secondary N) is 2. The summed E-state index contributed by atoms with van der Waals surface area (Å²) in [5.74, 6) is 0.0369. The highest BCUT2D eigenvalue weighted by molar-refractivity contribution is 5.96. The monoisotopic (exact) mass is 274 g/mol. The summed E-state index contributed by atoms with van der Waals surface area (Å²) in [6.07, 6.45) is 1.71. The molecule has 1 amide bonds. The van der Waals surface area contributed by atoms with Gasteiger partial charge in [0.1, 0.15) is 0 Å². The highest BCUT2D eigenvalue weighted by Crippen LogP contribution is 2.21. The molecule has 108 valence electrons. The number of aryl methyl sites for hydroxylation is 1. The molecule has 1 aliphatic heterocycles. The molecule has 0 spiro atoms. The molecular formula is C16H22N2O2. The van der Waals surface area contributed by atoms with E-state index >= 15 is 0 Å². The average molecular weight is 274 g/mol. The molecule has 1 aromatic carbocycles. The first-order valence-corrected chi connectivity index (χ1v) is 7.01. The van der Waals surface area contributed by atoms with Gasteiger partial charge in [0.15, 0.2) is 0 Å². The number of amides is 1. The van der Waals surface area contributed by atoms with Crippen LogP contribution in [0, 0.1) is 0 Å². The summed E-state index contributed by atoms with van der Waals surface area (Å²) >= 11 is 0. The number of carbonyl (C=O) groups is 1. The number of fused-ring (bicyclic) bond motifs is 1. The molecular weight excluding hydrogens is 252 g/mol. The lowest BCUT2D eigenvalue weighted by atomic mass is 10.1. The minimum absolute atomic E-state index is 0.0369. The van der Waals surface area contributed by atoms with E-state index in [1.165, 1.54) is 5.56 Å². The zero-order chi connectivity index (χ0) is 14.4. The van der Waals surface area contributed by atoms with Gasteiger partial charge in [-0.05, 0) is 31.4 Å². The Morgan fingerprint density at radius 2 is 2.30 bits per heavy atom. The van der Waals surface area contributed by atoms with Crippen LogP contribution in [0.1, 0.15) is 18.9 Å². The van der Waals surface area contributed by atoms with Gasteiger partial charge >= 0.3 is 0 Å². The van der Waals surface area contributed by atoms with E-state index in [2.05, 4.69) is 23.3 Å². The third-order valence-corrected chi connectivity index (χ3v) is 3.28. The molecule has 0 aliphatic carbocycles. The van der Waals surface area contributed by atoms with Crippen LogP contribution < -0.4 is 10.6 Å². The topological polar surface area (TPSA) is 50.4 Å². The fourth-order valence-corrected chi connectivity index (χ4v) is 2.26. The van der Waals surface area contributed by atoms with Crippen molar-refractivity contribution in [1.29, 1.82) is 0 Å². The molecule has 0 saturated heterocycles. The van der Waals surface area contributed by atoms with Crippen LogP contribution in [-0.2, 0) is 16.0 Å². The Morgan fingerprint density at radius 3 is 3.10 bits per heavy atom. The van der Waals surface area contributed by atoms with Crippen molar-refractivity contribution in [3.05, 3.63) is 42.0 Å². The van der Waals surface area contributed by atoms with Crippen LogP contribution in [0.15, 0.2) is 36.4 Å². The molecule has 0 aromatic heterocycles. The first-order valence-electron chi connectivity index (χ1n) is 7.01. The van der Waals surface area contributed by atoms with Crippen molar-refractivity contribution < 1.29 is 9.53 Å². The fraction of sp³-hybridized carbons (Fsp3) is 0.438. The largest absolute Gasteiger partial charge is 0.376 e.